The summed E-state index contributed by atoms with van der Waals surface area (Å²) in [6.07, 6.45) is 0. The number of aryl methyl sites for hydroxylation is 6. The Labute approximate surface area is 389 Å². The SMILES string of the molecule is Cc1cc(C)c(B(c2ccc(N(c3cccc(-c4ccccc4)c3)c3nc(-c4ccccc4)nc(-c4cccc5cccc(-c6ccccc6)c45)n3)cc2)c2c(C)cc(C)cc2C)c(C)c1. The molecule has 0 unspecified atom stereocenters. The zero-order valence-corrected chi connectivity index (χ0v) is 38.4. The minimum absolute atomic E-state index is 0.0359. The molecule has 0 saturated carbocycles. The molecule has 4 nitrogen and oxygen atoms in total. The summed E-state index contributed by atoms with van der Waals surface area (Å²) in [6.45, 7) is 13.5. The molecule has 0 atom stereocenters. The summed E-state index contributed by atoms with van der Waals surface area (Å²) in [5.74, 6) is 1.73. The Morgan fingerprint density at radius 3 is 1.42 bits per heavy atom. The van der Waals surface area contributed by atoms with Gasteiger partial charge >= 0.3 is 0 Å². The van der Waals surface area contributed by atoms with Crippen LogP contribution in [-0.2, 0) is 0 Å². The molecule has 0 amide bonds. The molecular weight excluding hydrogens is 800 g/mol. The molecule has 1 aromatic heterocycles. The number of aromatic nitrogens is 3. The standard InChI is InChI=1S/C61H51BN4/c1-40-35-42(3)57(43(4)36-40)62(58-44(5)37-41(2)38-45(58)6)51-31-33-52(34-32-51)66(53-28-16-27-50(39-53)46-19-10-7-11-20-46)61-64-59(49-23-14-9-15-24-49)63-60(65-61)55-30-18-26-48-25-17-29-54(56(48)55)47-21-12-8-13-22-47/h7-39H,1-6H3. The van der Waals surface area contributed by atoms with Crippen molar-refractivity contribution in [3.05, 3.63) is 234 Å². The van der Waals surface area contributed by atoms with E-state index in [9.17, 15) is 0 Å². The van der Waals surface area contributed by atoms with Crippen molar-refractivity contribution >= 4 is 51.2 Å². The monoisotopic (exact) mass is 850 g/mol. The summed E-state index contributed by atoms with van der Waals surface area (Å²) >= 11 is 0. The molecule has 10 rings (SSSR count). The topological polar surface area (TPSA) is 41.9 Å². The second-order valence-electron chi connectivity index (χ2n) is 17.6. The fourth-order valence-corrected chi connectivity index (χ4v) is 10.1. The van der Waals surface area contributed by atoms with Gasteiger partial charge in [-0.25, -0.2) is 4.98 Å². The van der Waals surface area contributed by atoms with Gasteiger partial charge in [-0.2, -0.15) is 9.97 Å². The zero-order valence-electron chi connectivity index (χ0n) is 38.4. The lowest BCUT2D eigenvalue weighted by atomic mass is 9.34. The van der Waals surface area contributed by atoms with Crippen LogP contribution in [0.4, 0.5) is 17.3 Å². The van der Waals surface area contributed by atoms with Gasteiger partial charge in [-0.1, -0.05) is 226 Å². The van der Waals surface area contributed by atoms with Gasteiger partial charge in [0.1, 0.15) is 0 Å². The first kappa shape index (κ1) is 42.1. The highest BCUT2D eigenvalue weighted by Crippen LogP contribution is 2.39. The average Bonchev–Trinajstić information content (AvgIpc) is 3.34. The molecule has 0 N–H and O–H groups in total. The fourth-order valence-electron chi connectivity index (χ4n) is 10.1. The minimum Gasteiger partial charge on any atom is -0.279 e. The van der Waals surface area contributed by atoms with Gasteiger partial charge in [-0.3, -0.25) is 4.90 Å². The van der Waals surface area contributed by atoms with E-state index in [1.54, 1.807) is 0 Å². The van der Waals surface area contributed by atoms with Crippen molar-refractivity contribution in [2.75, 3.05) is 4.90 Å². The van der Waals surface area contributed by atoms with Crippen LogP contribution in [0.25, 0.3) is 55.8 Å². The van der Waals surface area contributed by atoms with Gasteiger partial charge in [0.2, 0.25) is 12.7 Å². The minimum atomic E-state index is 0.0359. The first-order valence-corrected chi connectivity index (χ1v) is 22.8. The van der Waals surface area contributed by atoms with Crippen molar-refractivity contribution in [1.29, 1.82) is 0 Å². The Bertz CT molecular complexity index is 3260. The molecule has 5 heteroatoms. The third kappa shape index (κ3) is 8.21. The molecule has 10 aromatic rings. The molecule has 0 bridgehead atoms. The van der Waals surface area contributed by atoms with Gasteiger partial charge in [0, 0.05) is 27.9 Å². The summed E-state index contributed by atoms with van der Waals surface area (Å²) in [5.41, 5.74) is 19.9. The van der Waals surface area contributed by atoms with Crippen molar-refractivity contribution in [3.63, 3.8) is 0 Å². The molecule has 0 saturated heterocycles. The lowest BCUT2D eigenvalue weighted by Gasteiger charge is -2.27. The summed E-state index contributed by atoms with van der Waals surface area (Å²) in [4.78, 5) is 18.3. The quantitative estimate of drug-likeness (QED) is 0.129. The maximum atomic E-state index is 5.49. The van der Waals surface area contributed by atoms with Gasteiger partial charge in [0.15, 0.2) is 11.6 Å². The van der Waals surface area contributed by atoms with Crippen LogP contribution in [0.5, 0.6) is 0 Å². The number of benzene rings is 9. The molecule has 0 fully saturated rings. The molecule has 1 heterocycles. The lowest BCUT2D eigenvalue weighted by Crippen LogP contribution is -2.55. The van der Waals surface area contributed by atoms with Gasteiger partial charge in [-0.05, 0) is 93.4 Å². The van der Waals surface area contributed by atoms with Gasteiger partial charge in [0.25, 0.3) is 0 Å². The Morgan fingerprint density at radius 1 is 0.364 bits per heavy atom. The van der Waals surface area contributed by atoms with E-state index in [-0.39, 0.29) is 6.71 Å². The zero-order chi connectivity index (χ0) is 45.3. The van der Waals surface area contributed by atoms with Crippen molar-refractivity contribution < 1.29 is 0 Å². The molecule has 318 valence electrons. The molecule has 0 aliphatic heterocycles. The summed E-state index contributed by atoms with van der Waals surface area (Å²) in [6, 6.07) is 71.3. The van der Waals surface area contributed by atoms with Crippen molar-refractivity contribution in [2.24, 2.45) is 0 Å². The maximum absolute atomic E-state index is 5.49. The molecule has 9 aromatic carbocycles. The van der Waals surface area contributed by atoms with E-state index in [1.165, 1.54) is 49.8 Å². The number of hydrogen-bond donors (Lipinski definition) is 0. The Balaban J connectivity index is 1.21. The van der Waals surface area contributed by atoms with Crippen LogP contribution in [0.15, 0.2) is 200 Å². The Hall–Kier alpha value is -7.89. The van der Waals surface area contributed by atoms with Gasteiger partial charge in [0.05, 0.1) is 0 Å². The number of hydrogen-bond acceptors (Lipinski definition) is 4. The molecule has 66 heavy (non-hydrogen) atoms. The van der Waals surface area contributed by atoms with E-state index >= 15 is 0 Å². The predicted octanol–water partition coefficient (Wildman–Crippen LogP) is 13.5. The van der Waals surface area contributed by atoms with E-state index in [0.717, 1.165) is 55.5 Å². The van der Waals surface area contributed by atoms with Crippen LogP contribution in [0, 0.1) is 41.5 Å². The van der Waals surface area contributed by atoms with E-state index in [1.807, 2.05) is 18.2 Å². The third-order valence-corrected chi connectivity index (χ3v) is 12.8. The summed E-state index contributed by atoms with van der Waals surface area (Å²) < 4.78 is 0. The normalized spacial score (nSPS) is 11.2. The van der Waals surface area contributed by atoms with E-state index in [0.29, 0.717) is 17.6 Å². The van der Waals surface area contributed by atoms with E-state index < -0.39 is 0 Å². The lowest BCUT2D eigenvalue weighted by molar-refractivity contribution is 1.02. The number of anilines is 3. The Kier molecular flexibility index (Phi) is 11.4. The predicted molar refractivity (Wildman–Crippen MR) is 280 cm³/mol. The van der Waals surface area contributed by atoms with Crippen LogP contribution < -0.4 is 21.3 Å². The van der Waals surface area contributed by atoms with Crippen LogP contribution in [0.3, 0.4) is 0 Å². The smallest absolute Gasteiger partial charge is 0.242 e. The highest BCUT2D eigenvalue weighted by atomic mass is 15.3. The first-order valence-electron chi connectivity index (χ1n) is 22.8. The fraction of sp³-hybridized carbons (Fsp3) is 0.0984. The summed E-state index contributed by atoms with van der Waals surface area (Å²) in [5, 5.41) is 2.21. The average molecular weight is 851 g/mol. The molecule has 0 spiro atoms. The van der Waals surface area contributed by atoms with Crippen LogP contribution in [-0.4, -0.2) is 21.7 Å². The van der Waals surface area contributed by atoms with Crippen molar-refractivity contribution in [2.45, 2.75) is 41.5 Å². The highest BCUT2D eigenvalue weighted by Gasteiger charge is 2.29. The van der Waals surface area contributed by atoms with E-state index in [2.05, 4.69) is 228 Å². The first-order chi connectivity index (χ1) is 32.2. The van der Waals surface area contributed by atoms with Crippen LogP contribution >= 0.6 is 0 Å². The second-order valence-corrected chi connectivity index (χ2v) is 17.6. The second kappa shape index (κ2) is 17.9. The molecule has 0 aliphatic rings. The summed E-state index contributed by atoms with van der Waals surface area (Å²) in [7, 11) is 0. The van der Waals surface area contributed by atoms with Gasteiger partial charge in [-0.15, -0.1) is 0 Å². The number of rotatable bonds is 10. The molecule has 0 aliphatic carbocycles. The van der Waals surface area contributed by atoms with Gasteiger partial charge < -0.3 is 0 Å². The van der Waals surface area contributed by atoms with Crippen molar-refractivity contribution in [3.8, 4) is 45.0 Å². The maximum Gasteiger partial charge on any atom is 0.242 e. The van der Waals surface area contributed by atoms with Crippen LogP contribution in [0.2, 0.25) is 0 Å². The highest BCUT2D eigenvalue weighted by molar-refractivity contribution is 6.96. The Morgan fingerprint density at radius 2 is 0.848 bits per heavy atom. The molecule has 0 radical (unpaired) electrons. The van der Waals surface area contributed by atoms with Crippen molar-refractivity contribution in [1.82, 2.24) is 15.0 Å². The number of nitrogens with zero attached hydrogens (tertiary/aromatic N) is 4. The largest absolute Gasteiger partial charge is 0.279 e. The molecular formula is C61H51BN4. The van der Waals surface area contributed by atoms with E-state index in [4.69, 9.17) is 15.0 Å². The number of fused-ring (bicyclic) bond motifs is 1. The van der Waals surface area contributed by atoms with Crippen LogP contribution in [0.1, 0.15) is 33.4 Å². The third-order valence-electron chi connectivity index (χ3n) is 12.8.